The van der Waals surface area contributed by atoms with Crippen molar-refractivity contribution >= 4 is 23.5 Å². The summed E-state index contributed by atoms with van der Waals surface area (Å²) in [5.41, 5.74) is 6.18. The molecule has 0 saturated carbocycles. The summed E-state index contributed by atoms with van der Waals surface area (Å²) in [6.07, 6.45) is 3.04. The smallest absolute Gasteiger partial charge is 0.182 e. The first-order valence-electron chi connectivity index (χ1n) is 3.44. The maximum atomic E-state index is 5.63. The van der Waals surface area contributed by atoms with Crippen LogP contribution in [0.4, 0.5) is 17.3 Å². The van der Waals surface area contributed by atoms with E-state index in [1.807, 2.05) is 0 Å². The highest BCUT2D eigenvalue weighted by atomic mass is 15.4. The van der Waals surface area contributed by atoms with Gasteiger partial charge in [-0.1, -0.05) is 0 Å². The average Bonchev–Trinajstić information content (AvgIpc) is 2.04. The van der Waals surface area contributed by atoms with Crippen LogP contribution in [0.3, 0.4) is 0 Å². The van der Waals surface area contributed by atoms with Gasteiger partial charge < -0.3 is 5.73 Å². The highest BCUT2D eigenvalue weighted by Crippen LogP contribution is 2.30. The second kappa shape index (κ2) is 2.42. The number of hydrogen-bond acceptors (Lipinski definition) is 6. The van der Waals surface area contributed by atoms with Crippen molar-refractivity contribution in [1.82, 2.24) is 9.97 Å². The van der Waals surface area contributed by atoms with Crippen molar-refractivity contribution in [2.45, 2.75) is 0 Å². The summed E-state index contributed by atoms with van der Waals surface area (Å²) < 4.78 is 0. The lowest BCUT2D eigenvalue weighted by molar-refractivity contribution is 0.937. The van der Waals surface area contributed by atoms with Crippen LogP contribution in [0, 0.1) is 0 Å². The Labute approximate surface area is 68.9 Å². The molecule has 0 radical (unpaired) electrons. The SMILES string of the molecule is Nc1ncnc2c1N(N)CC=N2. The van der Waals surface area contributed by atoms with Crippen LogP contribution >= 0.6 is 0 Å². The number of rotatable bonds is 0. The Morgan fingerprint density at radius 3 is 3.00 bits per heavy atom. The van der Waals surface area contributed by atoms with Crippen LogP contribution in [0.1, 0.15) is 0 Å². The molecule has 0 aliphatic carbocycles. The molecule has 0 atom stereocenters. The number of hydrogen-bond donors (Lipinski definition) is 2. The molecule has 4 N–H and O–H groups in total. The molecule has 6 nitrogen and oxygen atoms in total. The van der Waals surface area contributed by atoms with Gasteiger partial charge in [0.25, 0.3) is 0 Å². The predicted molar refractivity (Wildman–Crippen MR) is 46.1 cm³/mol. The van der Waals surface area contributed by atoms with Gasteiger partial charge in [0.15, 0.2) is 11.6 Å². The van der Waals surface area contributed by atoms with Gasteiger partial charge in [0.1, 0.15) is 12.0 Å². The van der Waals surface area contributed by atoms with E-state index in [4.69, 9.17) is 11.6 Å². The summed E-state index contributed by atoms with van der Waals surface area (Å²) in [7, 11) is 0. The van der Waals surface area contributed by atoms with Gasteiger partial charge in [-0.25, -0.2) is 20.8 Å². The van der Waals surface area contributed by atoms with Crippen molar-refractivity contribution in [2.75, 3.05) is 17.3 Å². The van der Waals surface area contributed by atoms with Crippen molar-refractivity contribution in [1.29, 1.82) is 0 Å². The van der Waals surface area contributed by atoms with E-state index >= 15 is 0 Å². The molecule has 1 aromatic heterocycles. The van der Waals surface area contributed by atoms with E-state index in [0.29, 0.717) is 23.9 Å². The summed E-state index contributed by atoms with van der Waals surface area (Å²) in [6.45, 7) is 0.532. The van der Waals surface area contributed by atoms with Crippen LogP contribution < -0.4 is 16.6 Å². The minimum Gasteiger partial charge on any atom is -0.382 e. The zero-order valence-corrected chi connectivity index (χ0v) is 6.31. The van der Waals surface area contributed by atoms with E-state index in [2.05, 4.69) is 15.0 Å². The van der Waals surface area contributed by atoms with Crippen molar-refractivity contribution in [3.8, 4) is 0 Å². The highest BCUT2D eigenvalue weighted by Gasteiger charge is 2.15. The molecule has 0 bridgehead atoms. The first-order chi connectivity index (χ1) is 5.79. The first kappa shape index (κ1) is 6.99. The van der Waals surface area contributed by atoms with E-state index in [1.165, 1.54) is 11.3 Å². The number of aromatic nitrogens is 2. The van der Waals surface area contributed by atoms with Gasteiger partial charge in [-0.05, 0) is 0 Å². The molecule has 0 spiro atoms. The Morgan fingerprint density at radius 1 is 1.42 bits per heavy atom. The molecule has 1 aromatic rings. The third kappa shape index (κ3) is 0.892. The molecule has 0 amide bonds. The van der Waals surface area contributed by atoms with Crippen molar-refractivity contribution in [3.05, 3.63) is 6.33 Å². The number of anilines is 2. The van der Waals surface area contributed by atoms with Gasteiger partial charge in [0, 0.05) is 6.21 Å². The molecule has 6 heteroatoms. The molecule has 0 unspecified atom stereocenters. The lowest BCUT2D eigenvalue weighted by Gasteiger charge is -2.21. The number of fused-ring (bicyclic) bond motifs is 1. The second-order valence-corrected chi connectivity index (χ2v) is 2.40. The van der Waals surface area contributed by atoms with Crippen LogP contribution in [-0.4, -0.2) is 22.7 Å². The molecule has 0 fully saturated rings. The van der Waals surface area contributed by atoms with Crippen molar-refractivity contribution < 1.29 is 0 Å². The number of hydrazine groups is 1. The molecule has 12 heavy (non-hydrogen) atoms. The lowest BCUT2D eigenvalue weighted by atomic mass is 10.3. The quantitative estimate of drug-likeness (QED) is 0.502. The lowest BCUT2D eigenvalue weighted by Crippen LogP contribution is -2.35. The summed E-state index contributed by atoms with van der Waals surface area (Å²) >= 11 is 0. The molecule has 2 heterocycles. The van der Waals surface area contributed by atoms with Crippen LogP contribution in [-0.2, 0) is 0 Å². The fraction of sp³-hybridized carbons (Fsp3) is 0.167. The number of aliphatic imine (C=N–C) groups is 1. The van der Waals surface area contributed by atoms with E-state index in [0.717, 1.165) is 0 Å². The van der Waals surface area contributed by atoms with Crippen LogP contribution in [0.25, 0.3) is 0 Å². The standard InChI is InChI=1S/C6H8N6/c7-5-4-6(11-3-10-5)9-1-2-12(4)8/h1,3H,2,8H2,(H2,7,10,11). The molecular formula is C6H8N6. The molecular weight excluding hydrogens is 156 g/mol. The Hall–Kier alpha value is -1.69. The first-order valence-corrected chi connectivity index (χ1v) is 3.44. The van der Waals surface area contributed by atoms with E-state index < -0.39 is 0 Å². The summed E-state index contributed by atoms with van der Waals surface area (Å²) in [5.74, 6) is 6.51. The largest absolute Gasteiger partial charge is 0.382 e. The van der Waals surface area contributed by atoms with E-state index in [1.54, 1.807) is 6.21 Å². The van der Waals surface area contributed by atoms with Gasteiger partial charge in [-0.3, -0.25) is 5.01 Å². The maximum Gasteiger partial charge on any atom is 0.182 e. The van der Waals surface area contributed by atoms with Crippen molar-refractivity contribution in [2.24, 2.45) is 10.8 Å². The van der Waals surface area contributed by atoms with Gasteiger partial charge in [-0.2, -0.15) is 0 Å². The number of nitrogens with zero attached hydrogens (tertiary/aromatic N) is 4. The molecule has 1 aliphatic rings. The van der Waals surface area contributed by atoms with Crippen LogP contribution in [0.2, 0.25) is 0 Å². The Kier molecular flexibility index (Phi) is 1.41. The zero-order chi connectivity index (χ0) is 8.55. The normalized spacial score (nSPS) is 14.6. The molecule has 2 rings (SSSR count). The summed E-state index contributed by atoms with van der Waals surface area (Å²) in [4.78, 5) is 11.8. The van der Waals surface area contributed by atoms with Crippen LogP contribution in [0.15, 0.2) is 11.3 Å². The topological polar surface area (TPSA) is 93.4 Å². The minimum absolute atomic E-state index is 0.361. The van der Waals surface area contributed by atoms with Crippen molar-refractivity contribution in [3.63, 3.8) is 0 Å². The second-order valence-electron chi connectivity index (χ2n) is 2.40. The molecule has 62 valence electrons. The Morgan fingerprint density at radius 2 is 2.25 bits per heavy atom. The third-order valence-electron chi connectivity index (χ3n) is 1.61. The summed E-state index contributed by atoms with van der Waals surface area (Å²) in [5, 5.41) is 1.47. The third-order valence-corrected chi connectivity index (χ3v) is 1.61. The monoisotopic (exact) mass is 164 g/mol. The van der Waals surface area contributed by atoms with Gasteiger partial charge in [0.05, 0.1) is 6.54 Å². The van der Waals surface area contributed by atoms with E-state index in [9.17, 15) is 0 Å². The minimum atomic E-state index is 0.361. The van der Waals surface area contributed by atoms with E-state index in [-0.39, 0.29) is 0 Å². The fourth-order valence-corrected chi connectivity index (χ4v) is 1.06. The fourth-order valence-electron chi connectivity index (χ4n) is 1.06. The molecule has 0 aromatic carbocycles. The average molecular weight is 164 g/mol. The zero-order valence-electron chi connectivity index (χ0n) is 6.31. The predicted octanol–water partition coefficient (Wildman–Crippen LogP) is -0.545. The Bertz CT molecular complexity index is 333. The number of nitrogens with two attached hydrogens (primary N) is 2. The van der Waals surface area contributed by atoms with Gasteiger partial charge in [-0.15, -0.1) is 0 Å². The number of nitrogen functional groups attached to an aromatic ring is 1. The molecule has 0 saturated heterocycles. The van der Waals surface area contributed by atoms with Gasteiger partial charge >= 0.3 is 0 Å². The maximum absolute atomic E-state index is 5.63. The molecule has 1 aliphatic heterocycles. The summed E-state index contributed by atoms with van der Waals surface area (Å²) in [6, 6.07) is 0. The highest BCUT2D eigenvalue weighted by molar-refractivity contribution is 5.84. The Balaban J connectivity index is 2.62. The van der Waals surface area contributed by atoms with Crippen LogP contribution in [0.5, 0.6) is 0 Å². The van der Waals surface area contributed by atoms with Gasteiger partial charge in [0.2, 0.25) is 0 Å².